The fourth-order valence-electron chi connectivity index (χ4n) is 2.94. The van der Waals surface area contributed by atoms with E-state index in [1.54, 1.807) is 18.2 Å². The van der Waals surface area contributed by atoms with Crippen LogP contribution < -0.4 is 29.6 Å². The van der Waals surface area contributed by atoms with Crippen LogP contribution in [0.25, 0.3) is 0 Å². The fraction of sp³-hybridized carbons (Fsp3) is 0.348. The van der Waals surface area contributed by atoms with Gasteiger partial charge in [0.2, 0.25) is 0 Å². The number of nitrogens with one attached hydrogen (secondary N) is 2. The molecule has 1 heterocycles. The normalized spacial score (nSPS) is 14.2. The van der Waals surface area contributed by atoms with Crippen molar-refractivity contribution in [3.05, 3.63) is 48.0 Å². The van der Waals surface area contributed by atoms with Gasteiger partial charge in [0, 0.05) is 0 Å². The number of amides is 3. The summed E-state index contributed by atoms with van der Waals surface area (Å²) < 4.78 is 27.1. The summed E-state index contributed by atoms with van der Waals surface area (Å²) in [6.45, 7) is 3.48. The van der Waals surface area contributed by atoms with Gasteiger partial charge in [-0.25, -0.2) is 9.59 Å². The zero-order valence-corrected chi connectivity index (χ0v) is 18.6. The Kier molecular flexibility index (Phi) is 7.96. The van der Waals surface area contributed by atoms with E-state index in [9.17, 15) is 14.4 Å². The van der Waals surface area contributed by atoms with E-state index < -0.39 is 30.6 Å². The van der Waals surface area contributed by atoms with E-state index >= 15 is 0 Å². The van der Waals surface area contributed by atoms with Gasteiger partial charge in [0.15, 0.2) is 35.7 Å². The van der Waals surface area contributed by atoms with E-state index in [1.807, 2.05) is 26.0 Å². The SMILES string of the molecule is COc1cc(C(=O)OCC(=O)NC(=O)NCC2COc3ccccc3O2)ccc1OC(C)C. The van der Waals surface area contributed by atoms with Gasteiger partial charge in [-0.3, -0.25) is 10.1 Å². The maximum atomic E-state index is 12.2. The molecule has 0 radical (unpaired) electrons. The summed E-state index contributed by atoms with van der Waals surface area (Å²) in [6.07, 6.45) is -0.476. The molecule has 176 valence electrons. The Hall–Kier alpha value is -3.95. The molecule has 3 amide bonds. The predicted molar refractivity (Wildman–Crippen MR) is 117 cm³/mol. The molecule has 3 rings (SSSR count). The Morgan fingerprint density at radius 1 is 1.09 bits per heavy atom. The van der Waals surface area contributed by atoms with Gasteiger partial charge >= 0.3 is 12.0 Å². The van der Waals surface area contributed by atoms with Gasteiger partial charge < -0.3 is 29.0 Å². The monoisotopic (exact) mass is 458 g/mol. The lowest BCUT2D eigenvalue weighted by molar-refractivity contribution is -0.123. The summed E-state index contributed by atoms with van der Waals surface area (Å²) in [5.74, 6) is 0.534. The van der Waals surface area contributed by atoms with E-state index in [2.05, 4.69) is 10.6 Å². The molecule has 10 heteroatoms. The van der Waals surface area contributed by atoms with Crippen molar-refractivity contribution in [3.8, 4) is 23.0 Å². The van der Waals surface area contributed by atoms with Gasteiger partial charge in [-0.2, -0.15) is 0 Å². The maximum Gasteiger partial charge on any atom is 0.338 e. The summed E-state index contributed by atoms with van der Waals surface area (Å²) >= 11 is 0. The number of urea groups is 1. The third-order valence-electron chi connectivity index (χ3n) is 4.41. The van der Waals surface area contributed by atoms with Crippen LogP contribution in [0.1, 0.15) is 24.2 Å². The van der Waals surface area contributed by atoms with E-state index in [0.717, 1.165) is 0 Å². The van der Waals surface area contributed by atoms with Crippen LogP contribution in [-0.4, -0.2) is 57.0 Å². The zero-order valence-electron chi connectivity index (χ0n) is 18.6. The molecule has 1 aliphatic heterocycles. The van der Waals surface area contributed by atoms with E-state index in [1.165, 1.54) is 19.2 Å². The minimum atomic E-state index is -0.779. The third kappa shape index (κ3) is 6.76. The minimum absolute atomic E-state index is 0.0699. The average Bonchev–Trinajstić information content (AvgIpc) is 2.81. The Morgan fingerprint density at radius 2 is 1.85 bits per heavy atom. The highest BCUT2D eigenvalue weighted by atomic mass is 16.6. The van der Waals surface area contributed by atoms with E-state index in [4.69, 9.17) is 23.7 Å². The zero-order chi connectivity index (χ0) is 23.8. The van der Waals surface area contributed by atoms with Crippen LogP contribution in [0.3, 0.4) is 0 Å². The van der Waals surface area contributed by atoms with Crippen LogP contribution in [0.4, 0.5) is 4.79 Å². The standard InChI is InChI=1S/C23H26N2O8/c1-14(2)32-19-9-8-15(10-20(19)29-3)22(27)31-13-21(26)25-23(28)24-11-16-12-30-17-6-4-5-7-18(17)33-16/h4-10,14,16H,11-13H2,1-3H3,(H2,24,25,26,28). The maximum absolute atomic E-state index is 12.2. The van der Waals surface area contributed by atoms with Gasteiger partial charge in [-0.15, -0.1) is 0 Å². The molecule has 2 aromatic carbocycles. The van der Waals surface area contributed by atoms with Crippen LogP contribution in [0.2, 0.25) is 0 Å². The lowest BCUT2D eigenvalue weighted by Gasteiger charge is -2.26. The lowest BCUT2D eigenvalue weighted by atomic mass is 10.2. The van der Waals surface area contributed by atoms with Gasteiger partial charge in [0.05, 0.1) is 25.3 Å². The molecule has 33 heavy (non-hydrogen) atoms. The first-order valence-corrected chi connectivity index (χ1v) is 10.3. The molecular formula is C23H26N2O8. The van der Waals surface area contributed by atoms with Crippen molar-refractivity contribution in [3.63, 3.8) is 0 Å². The molecule has 10 nitrogen and oxygen atoms in total. The molecule has 2 aromatic rings. The van der Waals surface area contributed by atoms with Gasteiger partial charge in [0.1, 0.15) is 6.61 Å². The topological polar surface area (TPSA) is 121 Å². The van der Waals surface area contributed by atoms with E-state index in [-0.39, 0.29) is 24.8 Å². The van der Waals surface area contributed by atoms with Crippen molar-refractivity contribution in [2.75, 3.05) is 26.9 Å². The number of imide groups is 1. The van der Waals surface area contributed by atoms with Crippen molar-refractivity contribution in [2.24, 2.45) is 0 Å². The first kappa shape index (κ1) is 23.7. The van der Waals surface area contributed by atoms with Gasteiger partial charge in [0.25, 0.3) is 5.91 Å². The molecule has 0 saturated heterocycles. The van der Waals surface area contributed by atoms with Crippen LogP contribution in [0.5, 0.6) is 23.0 Å². The second kappa shape index (κ2) is 11.1. The average molecular weight is 458 g/mol. The van der Waals surface area contributed by atoms with Crippen molar-refractivity contribution >= 4 is 17.9 Å². The smallest absolute Gasteiger partial charge is 0.338 e. The van der Waals surface area contributed by atoms with Crippen LogP contribution in [0, 0.1) is 0 Å². The Labute approximate surface area is 191 Å². The molecule has 0 bridgehead atoms. The van der Waals surface area contributed by atoms with Crippen LogP contribution >= 0.6 is 0 Å². The summed E-state index contributed by atoms with van der Waals surface area (Å²) in [7, 11) is 1.45. The number of ether oxygens (including phenoxy) is 5. The second-order valence-electron chi connectivity index (χ2n) is 7.36. The number of methoxy groups -OCH3 is 1. The molecule has 1 atom stereocenters. The number of para-hydroxylation sites is 2. The third-order valence-corrected chi connectivity index (χ3v) is 4.41. The molecular weight excluding hydrogens is 432 g/mol. The molecule has 0 saturated carbocycles. The van der Waals surface area contributed by atoms with Crippen molar-refractivity contribution in [2.45, 2.75) is 26.1 Å². The van der Waals surface area contributed by atoms with Crippen molar-refractivity contribution < 1.29 is 38.1 Å². The molecule has 0 aliphatic carbocycles. The number of carbonyl (C=O) groups excluding carboxylic acids is 3. The number of rotatable bonds is 8. The molecule has 1 unspecified atom stereocenters. The highest BCUT2D eigenvalue weighted by Crippen LogP contribution is 2.31. The predicted octanol–water partition coefficient (Wildman–Crippen LogP) is 2.30. The summed E-state index contributed by atoms with van der Waals surface area (Å²) in [5.41, 5.74) is 0.176. The Bertz CT molecular complexity index is 1010. The summed E-state index contributed by atoms with van der Waals surface area (Å²) in [5, 5.41) is 4.61. The number of hydrogen-bond acceptors (Lipinski definition) is 8. The van der Waals surface area contributed by atoms with Gasteiger partial charge in [-0.1, -0.05) is 12.1 Å². The van der Waals surface area contributed by atoms with Crippen molar-refractivity contribution in [1.29, 1.82) is 0 Å². The largest absolute Gasteiger partial charge is 0.493 e. The first-order chi connectivity index (χ1) is 15.9. The number of esters is 1. The van der Waals surface area contributed by atoms with Crippen molar-refractivity contribution in [1.82, 2.24) is 10.6 Å². The molecule has 0 spiro atoms. The molecule has 1 aliphatic rings. The summed E-state index contributed by atoms with van der Waals surface area (Å²) in [6, 6.07) is 11.0. The minimum Gasteiger partial charge on any atom is -0.493 e. The van der Waals surface area contributed by atoms with Gasteiger partial charge in [-0.05, 0) is 44.2 Å². The molecule has 2 N–H and O–H groups in total. The highest BCUT2D eigenvalue weighted by Gasteiger charge is 2.21. The van der Waals surface area contributed by atoms with E-state index in [0.29, 0.717) is 23.0 Å². The Morgan fingerprint density at radius 3 is 2.58 bits per heavy atom. The fourth-order valence-corrected chi connectivity index (χ4v) is 2.94. The number of benzene rings is 2. The molecule has 0 fully saturated rings. The van der Waals surface area contributed by atoms with Crippen LogP contribution in [0.15, 0.2) is 42.5 Å². The first-order valence-electron chi connectivity index (χ1n) is 10.3. The van der Waals surface area contributed by atoms with Crippen LogP contribution in [-0.2, 0) is 9.53 Å². The number of carbonyl (C=O) groups is 3. The number of fused-ring (bicyclic) bond motifs is 1. The molecule has 0 aromatic heterocycles. The quantitative estimate of drug-likeness (QED) is 0.578. The lowest BCUT2D eigenvalue weighted by Crippen LogP contribution is -2.46. The Balaban J connectivity index is 1.41. The summed E-state index contributed by atoms with van der Waals surface area (Å²) in [4.78, 5) is 36.1. The number of hydrogen-bond donors (Lipinski definition) is 2. The second-order valence-corrected chi connectivity index (χ2v) is 7.36. The highest BCUT2D eigenvalue weighted by molar-refractivity contribution is 5.97.